The van der Waals surface area contributed by atoms with Gasteiger partial charge in [-0.25, -0.2) is 9.69 Å². The molecule has 1 heterocycles. The Labute approximate surface area is 237 Å². The zero-order valence-corrected chi connectivity index (χ0v) is 23.3. The highest BCUT2D eigenvalue weighted by Crippen LogP contribution is 2.36. The van der Waals surface area contributed by atoms with Crippen molar-refractivity contribution < 1.29 is 28.8 Å². The molecule has 0 unspecified atom stereocenters. The van der Waals surface area contributed by atoms with Crippen LogP contribution in [-0.2, 0) is 22.6 Å². The van der Waals surface area contributed by atoms with E-state index in [0.717, 1.165) is 16.9 Å². The Morgan fingerprint density at radius 2 is 1.74 bits per heavy atom. The number of aryl methyl sites for hydroxylation is 1. The molecule has 3 aromatic carbocycles. The van der Waals surface area contributed by atoms with Crippen molar-refractivity contribution in [3.8, 4) is 11.5 Å². The summed E-state index contributed by atoms with van der Waals surface area (Å²) in [6.07, 6.45) is 2.20. The van der Waals surface area contributed by atoms with Gasteiger partial charge in [-0.2, -0.15) is 0 Å². The number of benzene rings is 3. The first-order valence-corrected chi connectivity index (χ1v) is 13.1. The lowest BCUT2D eigenvalue weighted by Gasteiger charge is -2.26. The molecule has 3 aromatic rings. The lowest BCUT2D eigenvalue weighted by atomic mass is 10.1. The van der Waals surface area contributed by atoms with E-state index in [4.69, 9.17) is 9.47 Å². The number of ether oxygens (including phenoxy) is 2. The predicted octanol–water partition coefficient (Wildman–Crippen LogP) is 5.41. The number of barbiturate groups is 1. The van der Waals surface area contributed by atoms with Gasteiger partial charge in [0.2, 0.25) is 0 Å². The van der Waals surface area contributed by atoms with E-state index in [1.165, 1.54) is 18.2 Å². The first-order valence-electron chi connectivity index (χ1n) is 12.0. The van der Waals surface area contributed by atoms with Crippen LogP contribution in [0.2, 0.25) is 0 Å². The van der Waals surface area contributed by atoms with Gasteiger partial charge in [0, 0.05) is 12.1 Å². The second-order valence-corrected chi connectivity index (χ2v) is 9.62. The van der Waals surface area contributed by atoms with Crippen LogP contribution in [0.1, 0.15) is 30.5 Å². The number of hydrogen-bond acceptors (Lipinski definition) is 7. The number of nitro groups is 1. The maximum atomic E-state index is 13.3. The topological polar surface area (TPSA) is 128 Å². The first kappa shape index (κ1) is 27.8. The lowest BCUT2D eigenvalue weighted by Crippen LogP contribution is -2.54. The molecule has 0 radical (unpaired) electrons. The zero-order valence-electron chi connectivity index (χ0n) is 21.1. The van der Waals surface area contributed by atoms with Gasteiger partial charge in [-0.1, -0.05) is 31.2 Å². The monoisotopic (exact) mass is 641 g/mol. The van der Waals surface area contributed by atoms with Crippen molar-refractivity contribution in [2.24, 2.45) is 0 Å². The van der Waals surface area contributed by atoms with Gasteiger partial charge in [-0.15, -0.1) is 0 Å². The van der Waals surface area contributed by atoms with E-state index in [1.807, 2.05) is 41.6 Å². The summed E-state index contributed by atoms with van der Waals surface area (Å²) in [6.45, 7) is 4.18. The van der Waals surface area contributed by atoms with Gasteiger partial charge in [-0.05, 0) is 83.0 Å². The molecule has 39 heavy (non-hydrogen) atoms. The Kier molecular flexibility index (Phi) is 8.59. The van der Waals surface area contributed by atoms with Crippen LogP contribution in [0.5, 0.6) is 11.5 Å². The molecule has 10 nitrogen and oxygen atoms in total. The van der Waals surface area contributed by atoms with E-state index in [-0.39, 0.29) is 17.9 Å². The van der Waals surface area contributed by atoms with Crippen molar-refractivity contribution in [2.75, 3.05) is 11.5 Å². The van der Waals surface area contributed by atoms with Gasteiger partial charge in [0.25, 0.3) is 17.5 Å². The number of anilines is 1. The third-order valence-corrected chi connectivity index (χ3v) is 6.65. The fourth-order valence-corrected chi connectivity index (χ4v) is 4.71. The van der Waals surface area contributed by atoms with Crippen molar-refractivity contribution >= 4 is 57.9 Å². The normalized spacial score (nSPS) is 14.4. The summed E-state index contributed by atoms with van der Waals surface area (Å²) >= 11 is 2.05. The van der Waals surface area contributed by atoms with Gasteiger partial charge >= 0.3 is 6.03 Å². The Hall–Kier alpha value is -4.26. The van der Waals surface area contributed by atoms with Crippen LogP contribution in [0.25, 0.3) is 6.08 Å². The number of hydrogen-bond donors (Lipinski definition) is 1. The van der Waals surface area contributed by atoms with Crippen molar-refractivity contribution in [2.45, 2.75) is 26.9 Å². The number of rotatable bonds is 9. The van der Waals surface area contributed by atoms with Crippen molar-refractivity contribution in [3.63, 3.8) is 0 Å². The Morgan fingerprint density at radius 3 is 2.41 bits per heavy atom. The molecule has 1 aliphatic heterocycles. The summed E-state index contributed by atoms with van der Waals surface area (Å²) in [7, 11) is 0. The van der Waals surface area contributed by atoms with Crippen LogP contribution in [0.4, 0.5) is 16.2 Å². The molecule has 4 amide bonds. The minimum atomic E-state index is -0.819. The molecular formula is C28H24IN3O7. The summed E-state index contributed by atoms with van der Waals surface area (Å²) < 4.78 is 12.4. The third kappa shape index (κ3) is 6.25. The number of urea groups is 1. The van der Waals surface area contributed by atoms with Crippen LogP contribution in [0.3, 0.4) is 0 Å². The van der Waals surface area contributed by atoms with Crippen molar-refractivity contribution in [3.05, 3.63) is 96.6 Å². The molecule has 0 aliphatic carbocycles. The Morgan fingerprint density at radius 1 is 1.00 bits per heavy atom. The number of carbonyl (C=O) groups excluding carboxylic acids is 3. The highest BCUT2D eigenvalue weighted by Gasteiger charge is 2.36. The first-order chi connectivity index (χ1) is 18.7. The molecule has 1 fully saturated rings. The Bertz CT molecular complexity index is 1480. The fraction of sp³-hybridized carbons (Fsp3) is 0.179. The molecular weight excluding hydrogens is 617 g/mol. The van der Waals surface area contributed by atoms with E-state index in [1.54, 1.807) is 43.3 Å². The summed E-state index contributed by atoms with van der Waals surface area (Å²) in [5.74, 6) is -0.760. The van der Waals surface area contributed by atoms with Gasteiger partial charge in [0.15, 0.2) is 11.5 Å². The molecule has 0 spiro atoms. The second kappa shape index (κ2) is 12.1. The van der Waals surface area contributed by atoms with E-state index >= 15 is 0 Å². The minimum absolute atomic E-state index is 0.0398. The molecule has 0 saturated carbocycles. The number of imide groups is 2. The zero-order chi connectivity index (χ0) is 28.1. The molecule has 200 valence electrons. The van der Waals surface area contributed by atoms with Crippen LogP contribution >= 0.6 is 22.6 Å². The minimum Gasteiger partial charge on any atom is -0.490 e. The van der Waals surface area contributed by atoms with Gasteiger partial charge in [-0.3, -0.25) is 25.0 Å². The maximum absolute atomic E-state index is 13.3. The summed E-state index contributed by atoms with van der Waals surface area (Å²) in [5.41, 5.74) is 2.23. The van der Waals surface area contributed by atoms with E-state index in [9.17, 15) is 24.5 Å². The third-order valence-electron chi connectivity index (χ3n) is 5.85. The summed E-state index contributed by atoms with van der Waals surface area (Å²) in [4.78, 5) is 50.0. The van der Waals surface area contributed by atoms with Crippen molar-refractivity contribution in [1.29, 1.82) is 0 Å². The van der Waals surface area contributed by atoms with Crippen LogP contribution < -0.4 is 19.7 Å². The molecule has 0 bridgehead atoms. The van der Waals surface area contributed by atoms with E-state index in [0.29, 0.717) is 38.5 Å². The number of amides is 4. The lowest BCUT2D eigenvalue weighted by molar-refractivity contribution is -0.384. The molecule has 1 N–H and O–H groups in total. The van der Waals surface area contributed by atoms with Crippen LogP contribution in [-0.4, -0.2) is 29.4 Å². The van der Waals surface area contributed by atoms with Gasteiger partial charge in [0.05, 0.1) is 20.8 Å². The molecule has 0 aromatic heterocycles. The van der Waals surface area contributed by atoms with Gasteiger partial charge in [0.1, 0.15) is 12.2 Å². The van der Waals surface area contributed by atoms with Crippen LogP contribution in [0, 0.1) is 13.7 Å². The summed E-state index contributed by atoms with van der Waals surface area (Å²) in [5, 5.41) is 13.3. The van der Waals surface area contributed by atoms with Crippen LogP contribution in [0.15, 0.2) is 66.2 Å². The smallest absolute Gasteiger partial charge is 0.335 e. The van der Waals surface area contributed by atoms with E-state index < -0.39 is 22.8 Å². The highest BCUT2D eigenvalue weighted by atomic mass is 127. The standard InChI is InChI=1S/C28H24IN3O7/c1-3-17-8-10-20(11-9-17)31-27(34)22(26(33)30-28(31)35)13-19-14-23(29)25(24(15-19)38-4-2)39-16-18-6-5-7-21(12-18)32(36)37/h5-15H,3-4,16H2,1-2H3,(H,30,33,35)/b22-13-. The van der Waals surface area contributed by atoms with Gasteiger partial charge < -0.3 is 9.47 Å². The average molecular weight is 641 g/mol. The number of carbonyl (C=O) groups is 3. The number of nitro benzene ring substituents is 1. The molecule has 4 rings (SSSR count). The largest absolute Gasteiger partial charge is 0.490 e. The quantitative estimate of drug-likeness (QED) is 0.109. The SMILES string of the molecule is CCOc1cc(/C=C2/C(=O)NC(=O)N(c3ccc(CC)cc3)C2=O)cc(I)c1OCc1cccc([N+](=O)[O-])c1. The number of halogens is 1. The van der Waals surface area contributed by atoms with E-state index in [2.05, 4.69) is 5.32 Å². The predicted molar refractivity (Wildman–Crippen MR) is 153 cm³/mol. The summed E-state index contributed by atoms with van der Waals surface area (Å²) in [6, 6.07) is 15.6. The fourth-order valence-electron chi connectivity index (χ4n) is 3.93. The average Bonchev–Trinajstić information content (AvgIpc) is 2.91. The Balaban J connectivity index is 1.64. The number of nitrogens with one attached hydrogen (secondary N) is 1. The molecule has 1 saturated heterocycles. The number of nitrogens with zero attached hydrogens (tertiary/aromatic N) is 2. The molecule has 1 aliphatic rings. The second-order valence-electron chi connectivity index (χ2n) is 8.46. The number of non-ortho nitro benzene ring substituents is 1. The maximum Gasteiger partial charge on any atom is 0.335 e. The molecule has 0 atom stereocenters. The molecule has 11 heteroatoms. The van der Waals surface area contributed by atoms with Crippen molar-refractivity contribution in [1.82, 2.24) is 5.32 Å². The highest BCUT2D eigenvalue weighted by molar-refractivity contribution is 14.1.